The molecule has 0 aromatic carbocycles. The molecule has 0 amide bonds. The molecule has 114 valence electrons. The summed E-state index contributed by atoms with van der Waals surface area (Å²) >= 11 is 6.40. The van der Waals surface area contributed by atoms with Gasteiger partial charge in [-0.25, -0.2) is 0 Å². The fourth-order valence-electron chi connectivity index (χ4n) is 3.15. The van der Waals surface area contributed by atoms with Crippen LogP contribution in [0.25, 0.3) is 0 Å². The molecule has 2 N–H and O–H groups in total. The number of aliphatic hydroxyl groups excluding tert-OH is 1. The summed E-state index contributed by atoms with van der Waals surface area (Å²) in [6.45, 7) is 6.85. The van der Waals surface area contributed by atoms with Gasteiger partial charge in [-0.2, -0.15) is 5.10 Å². The van der Waals surface area contributed by atoms with E-state index in [1.165, 1.54) is 12.8 Å². The zero-order valence-corrected chi connectivity index (χ0v) is 13.3. The van der Waals surface area contributed by atoms with E-state index in [-0.39, 0.29) is 12.0 Å². The molecule has 0 radical (unpaired) electrons. The van der Waals surface area contributed by atoms with Gasteiger partial charge in [0.2, 0.25) is 0 Å². The summed E-state index contributed by atoms with van der Waals surface area (Å²) in [4.78, 5) is 0. The van der Waals surface area contributed by atoms with Gasteiger partial charge in [-0.15, -0.1) is 0 Å². The van der Waals surface area contributed by atoms with Gasteiger partial charge in [-0.3, -0.25) is 4.68 Å². The van der Waals surface area contributed by atoms with Gasteiger partial charge in [0.05, 0.1) is 16.4 Å². The third kappa shape index (κ3) is 3.18. The van der Waals surface area contributed by atoms with E-state index < -0.39 is 0 Å². The Balaban J connectivity index is 1.98. The lowest BCUT2D eigenvalue weighted by molar-refractivity contribution is 0.128. The molecule has 1 fully saturated rings. The molecule has 20 heavy (non-hydrogen) atoms. The van der Waals surface area contributed by atoms with Crippen molar-refractivity contribution < 1.29 is 5.11 Å². The summed E-state index contributed by atoms with van der Waals surface area (Å²) in [5.74, 6) is 0. The molecule has 1 heterocycles. The Kier molecular flexibility index (Phi) is 5.47. The highest BCUT2D eigenvalue weighted by Gasteiger charge is 2.32. The first-order valence-electron chi connectivity index (χ1n) is 7.71. The van der Waals surface area contributed by atoms with E-state index in [0.29, 0.717) is 0 Å². The molecule has 1 aliphatic rings. The second kappa shape index (κ2) is 6.92. The predicted molar refractivity (Wildman–Crippen MR) is 82.0 cm³/mol. The molecule has 4 nitrogen and oxygen atoms in total. The van der Waals surface area contributed by atoms with Gasteiger partial charge in [-0.1, -0.05) is 31.4 Å². The number of nitrogens with zero attached hydrogens (tertiary/aromatic N) is 2. The molecule has 1 aromatic rings. The van der Waals surface area contributed by atoms with Crippen LogP contribution in [0.5, 0.6) is 0 Å². The number of aliphatic hydroxyl groups is 1. The monoisotopic (exact) mass is 299 g/mol. The summed E-state index contributed by atoms with van der Waals surface area (Å²) in [6.07, 6.45) is 5.57. The standard InChI is InChI=1S/C15H26ClN3O/c1-3-12-14(16)13(19(4-2)18-12)9-17-10-15(11-20)7-5-6-8-15/h17,20H,3-11H2,1-2H3. The van der Waals surface area contributed by atoms with Crippen molar-refractivity contribution >= 4 is 11.6 Å². The Hall–Kier alpha value is -0.580. The van der Waals surface area contributed by atoms with E-state index in [9.17, 15) is 5.11 Å². The summed E-state index contributed by atoms with van der Waals surface area (Å²) in [5.41, 5.74) is 2.12. The van der Waals surface area contributed by atoms with Crippen molar-refractivity contribution in [2.24, 2.45) is 5.41 Å². The summed E-state index contributed by atoms with van der Waals surface area (Å²) in [5, 5.41) is 18.4. The summed E-state index contributed by atoms with van der Waals surface area (Å²) in [6, 6.07) is 0. The highest BCUT2D eigenvalue weighted by molar-refractivity contribution is 6.31. The van der Waals surface area contributed by atoms with E-state index in [4.69, 9.17) is 11.6 Å². The van der Waals surface area contributed by atoms with Crippen LogP contribution in [0.4, 0.5) is 0 Å². The lowest BCUT2D eigenvalue weighted by Gasteiger charge is -2.26. The summed E-state index contributed by atoms with van der Waals surface area (Å²) in [7, 11) is 0. The van der Waals surface area contributed by atoms with Crippen LogP contribution in [-0.2, 0) is 19.5 Å². The van der Waals surface area contributed by atoms with Gasteiger partial charge in [-0.05, 0) is 26.2 Å². The molecule has 5 heteroatoms. The minimum atomic E-state index is 0.0805. The van der Waals surface area contributed by atoms with Crippen molar-refractivity contribution in [1.82, 2.24) is 15.1 Å². The number of hydrogen-bond acceptors (Lipinski definition) is 3. The Bertz CT molecular complexity index is 439. The van der Waals surface area contributed by atoms with Crippen LogP contribution >= 0.6 is 11.6 Å². The van der Waals surface area contributed by atoms with Crippen molar-refractivity contribution in [1.29, 1.82) is 0 Å². The van der Waals surface area contributed by atoms with Crippen LogP contribution in [0.2, 0.25) is 5.02 Å². The Morgan fingerprint density at radius 2 is 2.05 bits per heavy atom. The average Bonchev–Trinajstić information content (AvgIpc) is 3.05. The van der Waals surface area contributed by atoms with E-state index in [2.05, 4.69) is 24.3 Å². The number of aromatic nitrogens is 2. The largest absolute Gasteiger partial charge is 0.396 e. The Morgan fingerprint density at radius 3 is 2.60 bits per heavy atom. The maximum Gasteiger partial charge on any atom is 0.0863 e. The highest BCUT2D eigenvalue weighted by atomic mass is 35.5. The Morgan fingerprint density at radius 1 is 1.35 bits per heavy atom. The first-order valence-corrected chi connectivity index (χ1v) is 8.09. The van der Waals surface area contributed by atoms with Crippen molar-refractivity contribution in [3.63, 3.8) is 0 Å². The van der Waals surface area contributed by atoms with E-state index in [1.807, 2.05) is 4.68 Å². The number of halogens is 1. The van der Waals surface area contributed by atoms with Gasteiger partial charge in [0, 0.05) is 31.7 Å². The predicted octanol–water partition coefficient (Wildman–Crippen LogP) is 2.76. The molecular formula is C15H26ClN3O. The van der Waals surface area contributed by atoms with Crippen LogP contribution in [0, 0.1) is 5.41 Å². The van der Waals surface area contributed by atoms with Crippen molar-refractivity contribution in [3.8, 4) is 0 Å². The molecule has 0 atom stereocenters. The molecule has 2 rings (SSSR count). The first kappa shape index (κ1) is 15.8. The van der Waals surface area contributed by atoms with Crippen molar-refractivity contribution in [2.75, 3.05) is 13.2 Å². The van der Waals surface area contributed by atoms with Crippen molar-refractivity contribution in [2.45, 2.75) is 59.0 Å². The number of rotatable bonds is 7. The summed E-state index contributed by atoms with van der Waals surface area (Å²) < 4.78 is 1.98. The normalized spacial score (nSPS) is 17.8. The minimum absolute atomic E-state index is 0.0805. The van der Waals surface area contributed by atoms with Gasteiger partial charge in [0.15, 0.2) is 0 Å². The fourth-order valence-corrected chi connectivity index (χ4v) is 3.48. The first-order chi connectivity index (χ1) is 9.65. The highest BCUT2D eigenvalue weighted by Crippen LogP contribution is 2.37. The van der Waals surface area contributed by atoms with E-state index in [1.54, 1.807) is 0 Å². The number of hydrogen-bond donors (Lipinski definition) is 2. The molecule has 0 saturated heterocycles. The maximum absolute atomic E-state index is 9.63. The molecule has 1 saturated carbocycles. The molecule has 1 aromatic heterocycles. The minimum Gasteiger partial charge on any atom is -0.396 e. The zero-order chi connectivity index (χ0) is 14.6. The van der Waals surface area contributed by atoms with Crippen molar-refractivity contribution in [3.05, 3.63) is 16.4 Å². The fraction of sp³-hybridized carbons (Fsp3) is 0.800. The number of nitrogens with one attached hydrogen (secondary N) is 1. The lowest BCUT2D eigenvalue weighted by Crippen LogP contribution is -2.35. The molecule has 0 spiro atoms. The maximum atomic E-state index is 9.63. The van der Waals surface area contributed by atoms with Gasteiger partial charge >= 0.3 is 0 Å². The van der Waals surface area contributed by atoms with Gasteiger partial charge in [0.25, 0.3) is 0 Å². The molecular weight excluding hydrogens is 274 g/mol. The SMILES string of the molecule is CCc1nn(CC)c(CNCC2(CO)CCCC2)c1Cl. The second-order valence-corrected chi connectivity index (χ2v) is 6.22. The number of aryl methyl sites for hydroxylation is 2. The van der Waals surface area contributed by atoms with E-state index in [0.717, 1.165) is 55.3 Å². The second-order valence-electron chi connectivity index (χ2n) is 5.85. The van der Waals surface area contributed by atoms with Crippen LogP contribution in [0.1, 0.15) is 50.9 Å². The van der Waals surface area contributed by atoms with Crippen LogP contribution in [0.15, 0.2) is 0 Å². The zero-order valence-electron chi connectivity index (χ0n) is 12.6. The van der Waals surface area contributed by atoms with Crippen LogP contribution < -0.4 is 5.32 Å². The van der Waals surface area contributed by atoms with Crippen LogP contribution in [-0.4, -0.2) is 28.0 Å². The average molecular weight is 300 g/mol. The lowest BCUT2D eigenvalue weighted by atomic mass is 9.87. The van der Waals surface area contributed by atoms with E-state index >= 15 is 0 Å². The van der Waals surface area contributed by atoms with Crippen LogP contribution in [0.3, 0.4) is 0 Å². The molecule has 0 aliphatic heterocycles. The van der Waals surface area contributed by atoms with Gasteiger partial charge in [0.1, 0.15) is 0 Å². The molecule has 1 aliphatic carbocycles. The quantitative estimate of drug-likeness (QED) is 0.814. The topological polar surface area (TPSA) is 50.1 Å². The Labute approximate surface area is 126 Å². The smallest absolute Gasteiger partial charge is 0.0863 e. The molecule has 0 unspecified atom stereocenters. The third-order valence-corrected chi connectivity index (χ3v) is 4.92. The third-order valence-electron chi connectivity index (χ3n) is 4.49. The molecule has 0 bridgehead atoms. The van der Waals surface area contributed by atoms with Gasteiger partial charge < -0.3 is 10.4 Å².